The van der Waals surface area contributed by atoms with Crippen LogP contribution in [0.25, 0.3) is 0 Å². The highest BCUT2D eigenvalue weighted by Gasteiger charge is 2.35. The van der Waals surface area contributed by atoms with Gasteiger partial charge in [-0.25, -0.2) is 0 Å². The van der Waals surface area contributed by atoms with Gasteiger partial charge in [0.05, 0.1) is 18.8 Å². The van der Waals surface area contributed by atoms with Crippen molar-refractivity contribution in [1.82, 2.24) is 10.2 Å². The number of rotatable bonds is 8. The number of nitrogens with one attached hydrogen (secondary N) is 1. The Bertz CT molecular complexity index is 311. The molecule has 1 amide bonds. The Balaban J connectivity index is 2.69. The number of carbonyl (C=O) groups excluding carboxylic acids is 1. The molecule has 5 heteroatoms. The number of carbonyl (C=O) groups is 1. The van der Waals surface area contributed by atoms with Gasteiger partial charge < -0.3 is 15.8 Å². The van der Waals surface area contributed by atoms with Gasteiger partial charge in [0.1, 0.15) is 0 Å². The molecule has 0 bridgehead atoms. The largest absolute Gasteiger partial charge is 0.378 e. The van der Waals surface area contributed by atoms with Crippen molar-refractivity contribution in [3.05, 3.63) is 0 Å². The third-order valence-electron chi connectivity index (χ3n) is 4.32. The van der Waals surface area contributed by atoms with Crippen molar-refractivity contribution in [3.8, 4) is 0 Å². The number of amides is 1. The van der Waals surface area contributed by atoms with E-state index in [2.05, 4.69) is 31.0 Å². The zero-order chi connectivity index (χ0) is 15.2. The average Bonchev–Trinajstić information content (AvgIpc) is 2.44. The molecule has 3 unspecified atom stereocenters. The van der Waals surface area contributed by atoms with Crippen molar-refractivity contribution in [2.24, 2.45) is 5.73 Å². The van der Waals surface area contributed by atoms with Crippen LogP contribution in [0.5, 0.6) is 0 Å². The maximum atomic E-state index is 11.8. The molecular weight excluding hydrogens is 254 g/mol. The van der Waals surface area contributed by atoms with Gasteiger partial charge in [-0.05, 0) is 39.7 Å². The molecule has 1 fully saturated rings. The maximum absolute atomic E-state index is 11.8. The van der Waals surface area contributed by atoms with Crippen LogP contribution in [0.15, 0.2) is 0 Å². The summed E-state index contributed by atoms with van der Waals surface area (Å²) < 4.78 is 5.55. The first-order chi connectivity index (χ1) is 9.44. The van der Waals surface area contributed by atoms with Crippen LogP contribution in [-0.2, 0) is 9.53 Å². The van der Waals surface area contributed by atoms with Gasteiger partial charge in [-0.15, -0.1) is 0 Å². The fraction of sp³-hybridized carbons (Fsp3) is 0.933. The molecule has 1 saturated heterocycles. The van der Waals surface area contributed by atoms with Gasteiger partial charge in [0.25, 0.3) is 0 Å². The van der Waals surface area contributed by atoms with Crippen LogP contribution in [0.4, 0.5) is 0 Å². The summed E-state index contributed by atoms with van der Waals surface area (Å²) in [6, 6.07) is 0.757. The van der Waals surface area contributed by atoms with E-state index in [4.69, 9.17) is 10.5 Å². The highest BCUT2D eigenvalue weighted by atomic mass is 16.5. The molecule has 118 valence electrons. The Morgan fingerprint density at radius 1 is 1.55 bits per heavy atom. The predicted molar refractivity (Wildman–Crippen MR) is 81.6 cm³/mol. The molecule has 0 aromatic heterocycles. The Hall–Kier alpha value is -0.650. The topological polar surface area (TPSA) is 67.6 Å². The first-order valence-electron chi connectivity index (χ1n) is 7.83. The van der Waals surface area contributed by atoms with Crippen LogP contribution in [0.2, 0.25) is 0 Å². The normalized spacial score (nSPS) is 25.1. The molecule has 1 aliphatic rings. The summed E-state index contributed by atoms with van der Waals surface area (Å²) in [5, 5.41) is 3.32. The van der Waals surface area contributed by atoms with Crippen molar-refractivity contribution in [2.45, 2.75) is 64.6 Å². The SMILES string of the molecule is CCCNC(C)(CC(C)N1CCOCC1CC)C(N)=O. The zero-order valence-electron chi connectivity index (χ0n) is 13.4. The number of nitrogens with zero attached hydrogens (tertiary/aromatic N) is 1. The molecule has 0 saturated carbocycles. The molecule has 0 spiro atoms. The van der Waals surface area contributed by atoms with E-state index in [1.807, 2.05) is 6.92 Å². The number of hydrogen-bond donors (Lipinski definition) is 2. The fourth-order valence-electron chi connectivity index (χ4n) is 2.97. The van der Waals surface area contributed by atoms with E-state index in [0.717, 1.165) is 45.6 Å². The van der Waals surface area contributed by atoms with Crippen LogP contribution in [0.1, 0.15) is 47.0 Å². The summed E-state index contributed by atoms with van der Waals surface area (Å²) in [4.78, 5) is 14.3. The van der Waals surface area contributed by atoms with Crippen molar-refractivity contribution >= 4 is 5.91 Å². The summed E-state index contributed by atoms with van der Waals surface area (Å²) in [5.74, 6) is -0.265. The number of morpholine rings is 1. The minimum absolute atomic E-state index is 0.265. The third kappa shape index (κ3) is 4.43. The molecule has 3 N–H and O–H groups in total. The predicted octanol–water partition coefficient (Wildman–Crippen LogP) is 1.12. The Morgan fingerprint density at radius 3 is 2.80 bits per heavy atom. The lowest BCUT2D eigenvalue weighted by Gasteiger charge is -2.42. The molecule has 0 aromatic rings. The highest BCUT2D eigenvalue weighted by Crippen LogP contribution is 2.21. The van der Waals surface area contributed by atoms with Crippen molar-refractivity contribution in [3.63, 3.8) is 0 Å². The van der Waals surface area contributed by atoms with Crippen LogP contribution in [0.3, 0.4) is 0 Å². The van der Waals surface area contributed by atoms with E-state index in [-0.39, 0.29) is 5.91 Å². The van der Waals surface area contributed by atoms with E-state index < -0.39 is 5.54 Å². The number of nitrogens with two attached hydrogens (primary N) is 1. The molecule has 1 rings (SSSR count). The minimum Gasteiger partial charge on any atom is -0.378 e. The van der Waals surface area contributed by atoms with Gasteiger partial charge in [-0.2, -0.15) is 0 Å². The summed E-state index contributed by atoms with van der Waals surface area (Å²) in [6.07, 6.45) is 2.80. The minimum atomic E-state index is -0.633. The van der Waals surface area contributed by atoms with Gasteiger partial charge >= 0.3 is 0 Å². The maximum Gasteiger partial charge on any atom is 0.237 e. The summed E-state index contributed by atoms with van der Waals surface area (Å²) >= 11 is 0. The molecule has 1 heterocycles. The van der Waals surface area contributed by atoms with Crippen molar-refractivity contribution < 1.29 is 9.53 Å². The third-order valence-corrected chi connectivity index (χ3v) is 4.32. The molecule has 3 atom stereocenters. The van der Waals surface area contributed by atoms with Gasteiger partial charge in [0.2, 0.25) is 5.91 Å². The van der Waals surface area contributed by atoms with Crippen LogP contribution in [-0.4, -0.2) is 54.7 Å². The molecule has 20 heavy (non-hydrogen) atoms. The quantitative estimate of drug-likeness (QED) is 0.701. The van der Waals surface area contributed by atoms with Gasteiger partial charge in [0, 0.05) is 18.6 Å². The van der Waals surface area contributed by atoms with Crippen LogP contribution in [0, 0.1) is 0 Å². The molecular formula is C15H31N3O2. The van der Waals surface area contributed by atoms with E-state index >= 15 is 0 Å². The molecule has 5 nitrogen and oxygen atoms in total. The van der Waals surface area contributed by atoms with E-state index in [0.29, 0.717) is 12.1 Å². The summed E-state index contributed by atoms with van der Waals surface area (Å²) in [5.41, 5.74) is 4.98. The fourth-order valence-corrected chi connectivity index (χ4v) is 2.97. The number of primary amides is 1. The summed E-state index contributed by atoms with van der Waals surface area (Å²) in [7, 11) is 0. The lowest BCUT2D eigenvalue weighted by molar-refractivity contribution is -0.125. The van der Waals surface area contributed by atoms with Crippen molar-refractivity contribution in [1.29, 1.82) is 0 Å². The van der Waals surface area contributed by atoms with E-state index in [9.17, 15) is 4.79 Å². The Morgan fingerprint density at radius 2 is 2.25 bits per heavy atom. The second-order valence-electron chi connectivity index (χ2n) is 6.05. The van der Waals surface area contributed by atoms with E-state index in [1.54, 1.807) is 0 Å². The standard InChI is InChI=1S/C15H31N3O2/c1-5-7-17-15(4,14(16)19)10-12(3)18-8-9-20-11-13(18)6-2/h12-13,17H,5-11H2,1-4H3,(H2,16,19). The lowest BCUT2D eigenvalue weighted by atomic mass is 9.91. The Kier molecular flexibility index (Phi) is 6.92. The van der Waals surface area contributed by atoms with Crippen LogP contribution >= 0.6 is 0 Å². The molecule has 0 radical (unpaired) electrons. The molecule has 0 aliphatic carbocycles. The highest BCUT2D eigenvalue weighted by molar-refractivity contribution is 5.84. The monoisotopic (exact) mass is 285 g/mol. The second kappa shape index (κ2) is 7.96. The lowest BCUT2D eigenvalue weighted by Crippen LogP contribution is -2.58. The van der Waals surface area contributed by atoms with E-state index in [1.165, 1.54) is 0 Å². The van der Waals surface area contributed by atoms with Gasteiger partial charge in [-0.1, -0.05) is 13.8 Å². The molecule has 0 aromatic carbocycles. The summed E-state index contributed by atoms with van der Waals surface area (Å²) in [6.45, 7) is 11.7. The van der Waals surface area contributed by atoms with Crippen LogP contribution < -0.4 is 11.1 Å². The van der Waals surface area contributed by atoms with Crippen molar-refractivity contribution in [2.75, 3.05) is 26.3 Å². The first kappa shape index (κ1) is 17.4. The second-order valence-corrected chi connectivity index (χ2v) is 6.05. The number of ether oxygens (including phenoxy) is 1. The first-order valence-corrected chi connectivity index (χ1v) is 7.83. The van der Waals surface area contributed by atoms with Gasteiger partial charge in [0.15, 0.2) is 0 Å². The smallest absolute Gasteiger partial charge is 0.237 e. The molecule has 1 aliphatic heterocycles. The zero-order valence-corrected chi connectivity index (χ0v) is 13.4. The Labute approximate surface area is 123 Å². The van der Waals surface area contributed by atoms with Gasteiger partial charge in [-0.3, -0.25) is 9.69 Å². The average molecular weight is 285 g/mol. The number of hydrogen-bond acceptors (Lipinski definition) is 4.